The van der Waals surface area contributed by atoms with Gasteiger partial charge in [0.15, 0.2) is 0 Å². The van der Waals surface area contributed by atoms with E-state index in [2.05, 4.69) is 17.0 Å². The summed E-state index contributed by atoms with van der Waals surface area (Å²) in [5.74, 6) is 0.781. The van der Waals surface area contributed by atoms with E-state index in [1.807, 2.05) is 12.1 Å². The summed E-state index contributed by atoms with van der Waals surface area (Å²) in [6, 6.07) is 8.71. The Morgan fingerprint density at radius 2 is 1.67 bits per heavy atom. The van der Waals surface area contributed by atoms with Crippen molar-refractivity contribution in [3.05, 3.63) is 34.9 Å². The smallest absolute Gasteiger partial charge is 0.0695 e. The highest BCUT2D eigenvalue weighted by Crippen LogP contribution is 2.29. The van der Waals surface area contributed by atoms with Crippen LogP contribution in [0.2, 0.25) is 5.02 Å². The highest BCUT2D eigenvalue weighted by molar-refractivity contribution is 6.30. The predicted octanol–water partition coefficient (Wildman–Crippen LogP) is 3.90. The lowest BCUT2D eigenvalue weighted by Gasteiger charge is -2.41. The first kappa shape index (κ1) is 15.3. The molecule has 0 radical (unpaired) electrons. The molecule has 2 atom stereocenters. The maximum absolute atomic E-state index is 10.2. The van der Waals surface area contributed by atoms with Crippen LogP contribution in [0.15, 0.2) is 24.3 Å². The largest absolute Gasteiger partial charge is 0.391 e. The molecule has 0 unspecified atom stereocenters. The quantitative estimate of drug-likeness (QED) is 0.915. The molecular formula is C18H26ClNO. The Morgan fingerprint density at radius 1 is 1.00 bits per heavy atom. The molecule has 116 valence electrons. The topological polar surface area (TPSA) is 23.5 Å². The van der Waals surface area contributed by atoms with Crippen LogP contribution in [0, 0.1) is 5.92 Å². The highest BCUT2D eigenvalue weighted by atomic mass is 35.5. The number of halogens is 1. The molecule has 0 bridgehead atoms. The van der Waals surface area contributed by atoms with Crippen molar-refractivity contribution < 1.29 is 5.11 Å². The summed E-state index contributed by atoms with van der Waals surface area (Å²) in [6.45, 7) is 2.31. The van der Waals surface area contributed by atoms with Gasteiger partial charge in [0.05, 0.1) is 6.10 Å². The summed E-state index contributed by atoms with van der Waals surface area (Å²) in [5, 5.41) is 11.0. The normalized spacial score (nSPS) is 28.7. The molecule has 1 aromatic rings. The first-order valence-corrected chi connectivity index (χ1v) is 8.77. The van der Waals surface area contributed by atoms with E-state index in [1.54, 1.807) is 0 Å². The molecular weight excluding hydrogens is 282 g/mol. The van der Waals surface area contributed by atoms with Gasteiger partial charge >= 0.3 is 0 Å². The van der Waals surface area contributed by atoms with Crippen LogP contribution in [0.25, 0.3) is 0 Å². The maximum Gasteiger partial charge on any atom is 0.0695 e. The number of benzene rings is 1. The Bertz CT molecular complexity index is 439. The monoisotopic (exact) mass is 307 g/mol. The number of hydrogen-bond acceptors (Lipinski definition) is 2. The van der Waals surface area contributed by atoms with Crippen LogP contribution in [0.1, 0.15) is 44.1 Å². The van der Waals surface area contributed by atoms with Gasteiger partial charge < -0.3 is 5.11 Å². The van der Waals surface area contributed by atoms with Crippen molar-refractivity contribution in [1.82, 2.24) is 4.90 Å². The van der Waals surface area contributed by atoms with E-state index < -0.39 is 0 Å². The Balaban J connectivity index is 1.49. The van der Waals surface area contributed by atoms with Gasteiger partial charge in [0, 0.05) is 11.1 Å². The molecule has 0 spiro atoms. The molecule has 2 fully saturated rings. The lowest BCUT2D eigenvalue weighted by atomic mass is 9.86. The SMILES string of the molecule is O[C@H]1CCCC[C@@H]1N1CCC(Cc2ccc(Cl)cc2)CC1. The molecule has 1 aliphatic carbocycles. The van der Waals surface area contributed by atoms with Gasteiger partial charge in [0.25, 0.3) is 0 Å². The molecule has 3 rings (SSSR count). The number of rotatable bonds is 3. The molecule has 0 aromatic heterocycles. The molecule has 2 aliphatic rings. The Kier molecular flexibility index (Phi) is 5.20. The van der Waals surface area contributed by atoms with Crippen LogP contribution in [0.5, 0.6) is 0 Å². The van der Waals surface area contributed by atoms with E-state index in [4.69, 9.17) is 11.6 Å². The third-order valence-corrected chi connectivity index (χ3v) is 5.50. The summed E-state index contributed by atoms with van der Waals surface area (Å²) in [7, 11) is 0. The highest BCUT2D eigenvalue weighted by Gasteiger charge is 2.31. The predicted molar refractivity (Wildman–Crippen MR) is 87.7 cm³/mol. The zero-order valence-electron chi connectivity index (χ0n) is 12.7. The Labute approximate surface area is 133 Å². The standard InChI is InChI=1S/C18H26ClNO/c19-16-7-5-14(6-8-16)13-15-9-11-20(12-10-15)17-3-1-2-4-18(17)21/h5-8,15,17-18,21H,1-4,9-13H2/t17-,18-/m0/s1. The van der Waals surface area contributed by atoms with E-state index >= 15 is 0 Å². The number of nitrogens with zero attached hydrogens (tertiary/aromatic N) is 1. The third kappa shape index (κ3) is 4.00. The minimum Gasteiger partial charge on any atom is -0.391 e. The van der Waals surface area contributed by atoms with Crippen molar-refractivity contribution in [2.75, 3.05) is 13.1 Å². The van der Waals surface area contributed by atoms with Crippen LogP contribution >= 0.6 is 11.6 Å². The lowest BCUT2D eigenvalue weighted by molar-refractivity contribution is 0.00406. The molecule has 1 saturated carbocycles. The summed E-state index contributed by atoms with van der Waals surface area (Å²) in [4.78, 5) is 2.54. The van der Waals surface area contributed by atoms with Crippen LogP contribution < -0.4 is 0 Å². The Hall–Kier alpha value is -0.570. The number of piperidine rings is 1. The first-order chi connectivity index (χ1) is 10.2. The molecule has 21 heavy (non-hydrogen) atoms. The van der Waals surface area contributed by atoms with Crippen molar-refractivity contribution in [2.45, 2.75) is 57.1 Å². The van der Waals surface area contributed by atoms with Gasteiger partial charge in [0.1, 0.15) is 0 Å². The van der Waals surface area contributed by atoms with Crippen molar-refractivity contribution >= 4 is 11.6 Å². The first-order valence-electron chi connectivity index (χ1n) is 8.39. The Morgan fingerprint density at radius 3 is 2.33 bits per heavy atom. The van der Waals surface area contributed by atoms with Gasteiger partial charge in [-0.05, 0) is 68.8 Å². The maximum atomic E-state index is 10.2. The van der Waals surface area contributed by atoms with Crippen molar-refractivity contribution in [3.8, 4) is 0 Å². The summed E-state index contributed by atoms with van der Waals surface area (Å²) in [5.41, 5.74) is 1.40. The summed E-state index contributed by atoms with van der Waals surface area (Å²) < 4.78 is 0. The molecule has 1 N–H and O–H groups in total. The van der Waals surface area contributed by atoms with E-state index in [0.29, 0.717) is 6.04 Å². The summed E-state index contributed by atoms with van der Waals surface area (Å²) in [6.07, 6.45) is 8.25. The van der Waals surface area contributed by atoms with E-state index in [-0.39, 0.29) is 6.10 Å². The van der Waals surface area contributed by atoms with Crippen LogP contribution in [-0.2, 0) is 6.42 Å². The van der Waals surface area contributed by atoms with Gasteiger partial charge in [-0.1, -0.05) is 36.6 Å². The zero-order valence-corrected chi connectivity index (χ0v) is 13.4. The third-order valence-electron chi connectivity index (χ3n) is 5.25. The average Bonchev–Trinajstić information content (AvgIpc) is 2.51. The van der Waals surface area contributed by atoms with Crippen molar-refractivity contribution in [1.29, 1.82) is 0 Å². The zero-order chi connectivity index (χ0) is 14.7. The number of aliphatic hydroxyl groups is 1. The molecule has 1 aromatic carbocycles. The fourth-order valence-corrected chi connectivity index (χ4v) is 4.09. The molecule has 3 heteroatoms. The van der Waals surface area contributed by atoms with Crippen molar-refractivity contribution in [2.24, 2.45) is 5.92 Å². The van der Waals surface area contributed by atoms with Crippen LogP contribution in [0.3, 0.4) is 0 Å². The second-order valence-electron chi connectivity index (χ2n) is 6.73. The lowest BCUT2D eigenvalue weighted by Crippen LogP contribution is -2.48. The molecule has 1 heterocycles. The van der Waals surface area contributed by atoms with Crippen LogP contribution in [0.4, 0.5) is 0 Å². The molecule has 0 amide bonds. The molecule has 2 nitrogen and oxygen atoms in total. The second kappa shape index (κ2) is 7.13. The molecule has 1 saturated heterocycles. The fraction of sp³-hybridized carbons (Fsp3) is 0.667. The minimum absolute atomic E-state index is 0.0911. The number of aliphatic hydroxyl groups excluding tert-OH is 1. The van der Waals surface area contributed by atoms with Gasteiger partial charge in [0.2, 0.25) is 0 Å². The molecule has 1 aliphatic heterocycles. The summed E-state index contributed by atoms with van der Waals surface area (Å²) >= 11 is 5.94. The number of hydrogen-bond donors (Lipinski definition) is 1. The van der Waals surface area contributed by atoms with Gasteiger partial charge in [-0.15, -0.1) is 0 Å². The fourth-order valence-electron chi connectivity index (χ4n) is 3.96. The van der Waals surface area contributed by atoms with Gasteiger partial charge in [-0.2, -0.15) is 0 Å². The average molecular weight is 308 g/mol. The van der Waals surface area contributed by atoms with E-state index in [0.717, 1.165) is 36.9 Å². The van der Waals surface area contributed by atoms with Crippen molar-refractivity contribution in [3.63, 3.8) is 0 Å². The number of likely N-dealkylation sites (tertiary alicyclic amines) is 1. The van der Waals surface area contributed by atoms with E-state index in [1.165, 1.54) is 37.7 Å². The van der Waals surface area contributed by atoms with Gasteiger partial charge in [-0.25, -0.2) is 0 Å². The van der Waals surface area contributed by atoms with Gasteiger partial charge in [-0.3, -0.25) is 4.90 Å². The van der Waals surface area contributed by atoms with Crippen LogP contribution in [-0.4, -0.2) is 35.2 Å². The minimum atomic E-state index is -0.0911. The van der Waals surface area contributed by atoms with E-state index in [9.17, 15) is 5.11 Å². The second-order valence-corrected chi connectivity index (χ2v) is 7.17.